The molecule has 10 nitrogen and oxygen atoms in total. The summed E-state index contributed by atoms with van der Waals surface area (Å²) in [4.78, 5) is 63.8. The fourth-order valence-electron chi connectivity index (χ4n) is 4.13. The van der Waals surface area contributed by atoms with Gasteiger partial charge in [-0.2, -0.15) is 0 Å². The van der Waals surface area contributed by atoms with E-state index >= 15 is 0 Å². The maximum absolute atomic E-state index is 13.1. The van der Waals surface area contributed by atoms with Gasteiger partial charge in [0.1, 0.15) is 11.8 Å². The third kappa shape index (κ3) is 6.17. The zero-order chi connectivity index (χ0) is 25.4. The molecule has 2 heterocycles. The Labute approximate surface area is 204 Å². The average molecular weight is 488 g/mol. The second-order valence-corrected chi connectivity index (χ2v) is 8.68. The summed E-state index contributed by atoms with van der Waals surface area (Å²) in [6.45, 7) is 3.38. The number of imide groups is 2. The number of fused-ring (bicyclic) bond motifs is 1. The van der Waals surface area contributed by atoms with Gasteiger partial charge in [0.2, 0.25) is 5.91 Å². The lowest BCUT2D eigenvalue weighted by Crippen LogP contribution is -2.54. The highest BCUT2D eigenvalue weighted by Gasteiger charge is 2.47. The minimum Gasteiger partial charge on any atom is -0.493 e. The Balaban J connectivity index is 1.46. The predicted octanol–water partition coefficient (Wildman–Crippen LogP) is 2.90. The van der Waals surface area contributed by atoms with Crippen LogP contribution >= 0.6 is 0 Å². The molecule has 1 fully saturated rings. The van der Waals surface area contributed by atoms with Crippen molar-refractivity contribution < 1.29 is 33.4 Å². The fraction of sp³-hybridized carbons (Fsp3) is 0.560. The van der Waals surface area contributed by atoms with Crippen LogP contribution in [0.2, 0.25) is 0 Å². The van der Waals surface area contributed by atoms with Crippen LogP contribution in [-0.2, 0) is 14.3 Å². The molecule has 0 saturated carbocycles. The minimum absolute atomic E-state index is 0.0965. The van der Waals surface area contributed by atoms with Crippen molar-refractivity contribution in [2.24, 2.45) is 0 Å². The molecule has 10 heteroatoms. The van der Waals surface area contributed by atoms with Crippen LogP contribution in [0.3, 0.4) is 0 Å². The number of unbranched alkanes of at least 4 members (excludes halogenated alkanes) is 4. The van der Waals surface area contributed by atoms with Gasteiger partial charge >= 0.3 is 6.09 Å². The van der Waals surface area contributed by atoms with Crippen LogP contribution in [0.15, 0.2) is 18.2 Å². The number of carbonyl (C=O) groups is 5. The summed E-state index contributed by atoms with van der Waals surface area (Å²) < 4.78 is 10.9. The summed E-state index contributed by atoms with van der Waals surface area (Å²) in [5.74, 6) is -1.68. The smallest absolute Gasteiger partial charge is 0.407 e. The number of ether oxygens (including phenoxy) is 2. The lowest BCUT2D eigenvalue weighted by Gasteiger charge is -2.32. The Hall–Kier alpha value is -3.43. The van der Waals surface area contributed by atoms with E-state index in [1.807, 2.05) is 6.92 Å². The lowest BCUT2D eigenvalue weighted by molar-refractivity contribution is -0.149. The normalized spacial score (nSPS) is 17.6. The van der Waals surface area contributed by atoms with Crippen LogP contribution in [0, 0.1) is 0 Å². The summed E-state index contributed by atoms with van der Waals surface area (Å²) in [6.07, 6.45) is 4.98. The first kappa shape index (κ1) is 26.2. The van der Waals surface area contributed by atoms with Gasteiger partial charge in [0.25, 0.3) is 17.7 Å². The molecule has 35 heavy (non-hydrogen) atoms. The number of likely N-dealkylation sites (tertiary alicyclic amines) is 1. The topological polar surface area (TPSA) is 122 Å². The van der Waals surface area contributed by atoms with Crippen molar-refractivity contribution in [1.82, 2.24) is 15.1 Å². The third-order valence-corrected chi connectivity index (χ3v) is 6.17. The van der Waals surface area contributed by atoms with Gasteiger partial charge in [-0.3, -0.25) is 29.0 Å². The van der Waals surface area contributed by atoms with Crippen molar-refractivity contribution in [3.63, 3.8) is 0 Å². The maximum Gasteiger partial charge on any atom is 0.407 e. The van der Waals surface area contributed by atoms with E-state index in [-0.39, 0.29) is 36.0 Å². The van der Waals surface area contributed by atoms with Gasteiger partial charge in [-0.05, 0) is 37.8 Å². The highest BCUT2D eigenvalue weighted by molar-refractivity contribution is 6.24. The quantitative estimate of drug-likeness (QED) is 0.355. The Kier molecular flexibility index (Phi) is 9.22. The van der Waals surface area contributed by atoms with E-state index in [2.05, 4.69) is 5.32 Å². The van der Waals surface area contributed by atoms with E-state index in [0.29, 0.717) is 25.5 Å². The monoisotopic (exact) mass is 487 g/mol. The zero-order valence-corrected chi connectivity index (χ0v) is 20.3. The molecule has 1 unspecified atom stereocenters. The molecule has 0 radical (unpaired) electrons. The molecule has 2 aliphatic heterocycles. The van der Waals surface area contributed by atoms with E-state index in [1.165, 1.54) is 7.05 Å². The number of rotatable bonds is 12. The first-order chi connectivity index (χ1) is 16.9. The van der Waals surface area contributed by atoms with Crippen LogP contribution in [0.25, 0.3) is 0 Å². The average Bonchev–Trinajstić information content (AvgIpc) is 3.10. The van der Waals surface area contributed by atoms with Gasteiger partial charge in [-0.25, -0.2) is 4.79 Å². The summed E-state index contributed by atoms with van der Waals surface area (Å²) in [6, 6.07) is 3.84. The van der Waals surface area contributed by atoms with Crippen molar-refractivity contribution in [3.8, 4) is 5.75 Å². The van der Waals surface area contributed by atoms with E-state index in [0.717, 1.165) is 48.3 Å². The molecule has 0 aliphatic carbocycles. The molecule has 0 bridgehead atoms. The lowest BCUT2D eigenvalue weighted by atomic mass is 10.0. The molecule has 1 N–H and O–H groups in total. The first-order valence-electron chi connectivity index (χ1n) is 12.2. The van der Waals surface area contributed by atoms with Gasteiger partial charge in [-0.1, -0.05) is 32.3 Å². The number of benzene rings is 1. The van der Waals surface area contributed by atoms with E-state index < -0.39 is 23.8 Å². The van der Waals surface area contributed by atoms with Crippen LogP contribution in [0.4, 0.5) is 4.79 Å². The van der Waals surface area contributed by atoms with E-state index in [4.69, 9.17) is 9.47 Å². The number of nitrogens with zero attached hydrogens (tertiary/aromatic N) is 2. The minimum atomic E-state index is -0.990. The number of carbonyl (C=O) groups excluding carboxylic acids is 5. The number of hydrogen-bond acceptors (Lipinski definition) is 7. The number of nitrogens with one attached hydrogen (secondary N) is 1. The maximum atomic E-state index is 13.1. The SMILES string of the molecule is CCCCOC(=O)NCCCCCCOc1cccc2c1C(=O)N(C1CCC(=O)N(C)C1=O)C2=O. The first-order valence-corrected chi connectivity index (χ1v) is 12.2. The molecular weight excluding hydrogens is 454 g/mol. The van der Waals surface area contributed by atoms with Gasteiger partial charge in [0.15, 0.2) is 0 Å². The summed E-state index contributed by atoms with van der Waals surface area (Å²) in [5.41, 5.74) is 0.368. The molecule has 1 aromatic rings. The third-order valence-electron chi connectivity index (χ3n) is 6.17. The molecule has 2 aliphatic rings. The predicted molar refractivity (Wildman–Crippen MR) is 126 cm³/mol. The van der Waals surface area contributed by atoms with Crippen LogP contribution < -0.4 is 10.1 Å². The number of piperidine rings is 1. The Bertz CT molecular complexity index is 978. The molecule has 3 rings (SSSR count). The second kappa shape index (κ2) is 12.3. The summed E-state index contributed by atoms with van der Waals surface area (Å²) in [5, 5.41) is 2.72. The highest BCUT2D eigenvalue weighted by atomic mass is 16.5. The number of hydrogen-bond donors (Lipinski definition) is 1. The molecule has 0 spiro atoms. The van der Waals surface area contributed by atoms with Crippen molar-refractivity contribution in [2.75, 3.05) is 26.8 Å². The fourth-order valence-corrected chi connectivity index (χ4v) is 4.13. The van der Waals surface area contributed by atoms with Crippen LogP contribution in [-0.4, -0.2) is 72.4 Å². The van der Waals surface area contributed by atoms with Gasteiger partial charge in [0, 0.05) is 20.0 Å². The molecule has 0 aromatic heterocycles. The van der Waals surface area contributed by atoms with Gasteiger partial charge < -0.3 is 14.8 Å². The van der Waals surface area contributed by atoms with Gasteiger partial charge in [-0.15, -0.1) is 0 Å². The Morgan fingerprint density at radius 2 is 1.80 bits per heavy atom. The van der Waals surface area contributed by atoms with Crippen molar-refractivity contribution in [3.05, 3.63) is 29.3 Å². The zero-order valence-electron chi connectivity index (χ0n) is 20.3. The molecule has 1 aromatic carbocycles. The molecular formula is C25H33N3O7. The van der Waals surface area contributed by atoms with Gasteiger partial charge in [0.05, 0.1) is 24.3 Å². The van der Waals surface area contributed by atoms with Crippen LogP contribution in [0.5, 0.6) is 5.75 Å². The van der Waals surface area contributed by atoms with E-state index in [1.54, 1.807) is 18.2 Å². The summed E-state index contributed by atoms with van der Waals surface area (Å²) in [7, 11) is 1.36. The van der Waals surface area contributed by atoms with Crippen molar-refractivity contribution >= 4 is 29.7 Å². The van der Waals surface area contributed by atoms with Crippen molar-refractivity contribution in [2.45, 2.75) is 64.3 Å². The number of likely N-dealkylation sites (N-methyl/N-ethyl adjacent to an activating group) is 1. The van der Waals surface area contributed by atoms with Crippen molar-refractivity contribution in [1.29, 1.82) is 0 Å². The van der Waals surface area contributed by atoms with E-state index in [9.17, 15) is 24.0 Å². The molecule has 1 atom stereocenters. The molecule has 190 valence electrons. The Morgan fingerprint density at radius 1 is 1.03 bits per heavy atom. The molecule has 1 saturated heterocycles. The largest absolute Gasteiger partial charge is 0.493 e. The Morgan fingerprint density at radius 3 is 2.57 bits per heavy atom. The summed E-state index contributed by atoms with van der Waals surface area (Å²) >= 11 is 0. The number of amides is 5. The highest BCUT2D eigenvalue weighted by Crippen LogP contribution is 2.34. The number of alkyl carbamates (subject to hydrolysis) is 1. The second-order valence-electron chi connectivity index (χ2n) is 8.68. The standard InChI is InChI=1S/C25H33N3O7/c1-3-4-15-35-25(33)26-14-7-5-6-8-16-34-19-11-9-10-17-21(19)24(32)28(22(17)30)18-12-13-20(29)27(2)23(18)31/h9-11,18H,3-8,12-16H2,1-2H3,(H,26,33). The molecule has 5 amide bonds. The van der Waals surface area contributed by atoms with Crippen LogP contribution in [0.1, 0.15) is 79.0 Å².